The van der Waals surface area contributed by atoms with Crippen molar-refractivity contribution in [3.8, 4) is 6.07 Å². The Morgan fingerprint density at radius 2 is 2.25 bits per heavy atom. The maximum absolute atomic E-state index is 10.9. The van der Waals surface area contributed by atoms with Crippen molar-refractivity contribution < 1.29 is 4.79 Å². The summed E-state index contributed by atoms with van der Waals surface area (Å²) in [6.45, 7) is 3.69. The minimum Gasteiger partial charge on any atom is -0.354 e. The van der Waals surface area contributed by atoms with Crippen LogP contribution in [0.4, 0.5) is 0 Å². The molecule has 2 N–H and O–H groups in total. The fourth-order valence-electron chi connectivity index (χ4n) is 0.699. The molecule has 4 heteroatoms. The number of hydrogen-bond donors (Lipinski definition) is 2. The van der Waals surface area contributed by atoms with Gasteiger partial charge in [-0.15, -0.1) is 0 Å². The van der Waals surface area contributed by atoms with Crippen molar-refractivity contribution in [2.24, 2.45) is 0 Å². The molecular formula is C8H15N3O. The zero-order valence-corrected chi connectivity index (χ0v) is 7.39. The Morgan fingerprint density at radius 3 is 2.83 bits per heavy atom. The molecule has 0 aromatic heterocycles. The summed E-state index contributed by atoms with van der Waals surface area (Å²) in [4.78, 5) is 10.9. The second-order valence-corrected chi connectivity index (χ2v) is 2.43. The van der Waals surface area contributed by atoms with Gasteiger partial charge in [0, 0.05) is 6.54 Å². The second-order valence-electron chi connectivity index (χ2n) is 2.43. The van der Waals surface area contributed by atoms with Gasteiger partial charge in [0.15, 0.2) is 0 Å². The Labute approximate surface area is 72.9 Å². The van der Waals surface area contributed by atoms with Gasteiger partial charge in [0.25, 0.3) is 0 Å². The van der Waals surface area contributed by atoms with Crippen molar-refractivity contribution in [1.29, 1.82) is 5.26 Å². The third-order valence-corrected chi connectivity index (χ3v) is 1.27. The van der Waals surface area contributed by atoms with E-state index in [-0.39, 0.29) is 5.91 Å². The molecule has 0 radical (unpaired) electrons. The number of amides is 1. The van der Waals surface area contributed by atoms with Gasteiger partial charge < -0.3 is 10.6 Å². The van der Waals surface area contributed by atoms with Gasteiger partial charge in [0.1, 0.15) is 0 Å². The highest BCUT2D eigenvalue weighted by Gasteiger charge is 1.97. The van der Waals surface area contributed by atoms with Gasteiger partial charge >= 0.3 is 0 Å². The first-order chi connectivity index (χ1) is 5.81. The molecule has 0 saturated carbocycles. The summed E-state index contributed by atoms with van der Waals surface area (Å²) in [5.41, 5.74) is 0. The summed E-state index contributed by atoms with van der Waals surface area (Å²) in [6.07, 6.45) is 1.39. The van der Waals surface area contributed by atoms with Crippen molar-refractivity contribution in [3.05, 3.63) is 0 Å². The van der Waals surface area contributed by atoms with Gasteiger partial charge in [-0.25, -0.2) is 0 Å². The monoisotopic (exact) mass is 169 g/mol. The second kappa shape index (κ2) is 8.02. The Morgan fingerprint density at radius 1 is 1.50 bits per heavy atom. The summed E-state index contributed by atoms with van der Waals surface area (Å²) in [7, 11) is 0. The van der Waals surface area contributed by atoms with Crippen LogP contribution < -0.4 is 10.6 Å². The van der Waals surface area contributed by atoms with E-state index in [0.29, 0.717) is 19.5 Å². The minimum absolute atomic E-state index is 0.0429. The van der Waals surface area contributed by atoms with E-state index in [1.54, 1.807) is 0 Å². The van der Waals surface area contributed by atoms with Gasteiger partial charge in [-0.3, -0.25) is 4.79 Å². The summed E-state index contributed by atoms with van der Waals surface area (Å²) in [5.74, 6) is -0.0429. The molecular weight excluding hydrogens is 154 g/mol. The molecule has 0 unspecified atom stereocenters. The minimum atomic E-state index is -0.0429. The van der Waals surface area contributed by atoms with Crippen LogP contribution in [0.5, 0.6) is 0 Å². The summed E-state index contributed by atoms with van der Waals surface area (Å²) < 4.78 is 0. The van der Waals surface area contributed by atoms with E-state index in [1.807, 2.05) is 13.0 Å². The lowest BCUT2D eigenvalue weighted by Crippen LogP contribution is -2.34. The van der Waals surface area contributed by atoms with Crippen LogP contribution >= 0.6 is 0 Å². The molecule has 4 nitrogen and oxygen atoms in total. The number of hydrogen-bond acceptors (Lipinski definition) is 3. The Balaban J connectivity index is 3.17. The standard InChI is InChI=1S/C8H15N3O/c1-2-5-10-7-8(12)11-6-3-4-9/h10H,2-3,5-7H2,1H3,(H,11,12). The van der Waals surface area contributed by atoms with Crippen LogP contribution in [0.15, 0.2) is 0 Å². The molecule has 68 valence electrons. The van der Waals surface area contributed by atoms with Crippen molar-refractivity contribution in [3.63, 3.8) is 0 Å². The smallest absolute Gasteiger partial charge is 0.233 e. The molecule has 0 saturated heterocycles. The molecule has 12 heavy (non-hydrogen) atoms. The zero-order valence-electron chi connectivity index (χ0n) is 7.39. The Bertz CT molecular complexity index is 162. The van der Waals surface area contributed by atoms with Crippen molar-refractivity contribution >= 4 is 5.91 Å². The fourth-order valence-corrected chi connectivity index (χ4v) is 0.699. The molecule has 0 aliphatic rings. The third kappa shape index (κ3) is 7.03. The van der Waals surface area contributed by atoms with Crippen LogP contribution in [0, 0.1) is 11.3 Å². The highest BCUT2D eigenvalue weighted by Crippen LogP contribution is 1.72. The highest BCUT2D eigenvalue weighted by atomic mass is 16.1. The number of nitrogens with zero attached hydrogens (tertiary/aromatic N) is 1. The maximum Gasteiger partial charge on any atom is 0.233 e. The van der Waals surface area contributed by atoms with E-state index >= 15 is 0 Å². The lowest BCUT2D eigenvalue weighted by Gasteiger charge is -2.02. The maximum atomic E-state index is 10.9. The predicted octanol–water partition coefficient (Wildman–Crippen LogP) is 0.0159. The lowest BCUT2D eigenvalue weighted by atomic mass is 10.4. The predicted molar refractivity (Wildman–Crippen MR) is 46.4 cm³/mol. The van der Waals surface area contributed by atoms with E-state index in [4.69, 9.17) is 5.26 Å². The number of nitriles is 1. The molecule has 0 fully saturated rings. The SMILES string of the molecule is CCCNCC(=O)NCCC#N. The van der Waals surface area contributed by atoms with Crippen LogP contribution in [0.2, 0.25) is 0 Å². The van der Waals surface area contributed by atoms with E-state index in [0.717, 1.165) is 13.0 Å². The number of nitrogens with one attached hydrogen (secondary N) is 2. The van der Waals surface area contributed by atoms with E-state index < -0.39 is 0 Å². The summed E-state index contributed by atoms with van der Waals surface area (Å²) in [6, 6.07) is 1.96. The Kier molecular flexibility index (Phi) is 7.30. The first-order valence-corrected chi connectivity index (χ1v) is 4.15. The molecule has 0 rings (SSSR count). The van der Waals surface area contributed by atoms with E-state index in [9.17, 15) is 4.79 Å². The average molecular weight is 169 g/mol. The number of carbonyl (C=O) groups is 1. The molecule has 0 bridgehead atoms. The van der Waals surface area contributed by atoms with Crippen LogP contribution in [-0.4, -0.2) is 25.5 Å². The largest absolute Gasteiger partial charge is 0.354 e. The fraction of sp³-hybridized carbons (Fsp3) is 0.750. The quantitative estimate of drug-likeness (QED) is 0.551. The van der Waals surface area contributed by atoms with Crippen LogP contribution in [0.3, 0.4) is 0 Å². The molecule has 0 aliphatic carbocycles. The molecule has 0 aliphatic heterocycles. The Hall–Kier alpha value is -1.08. The van der Waals surface area contributed by atoms with E-state index in [2.05, 4.69) is 10.6 Å². The van der Waals surface area contributed by atoms with Crippen molar-refractivity contribution in [2.45, 2.75) is 19.8 Å². The topological polar surface area (TPSA) is 64.9 Å². The summed E-state index contributed by atoms with van der Waals surface area (Å²) in [5, 5.41) is 13.8. The summed E-state index contributed by atoms with van der Waals surface area (Å²) >= 11 is 0. The van der Waals surface area contributed by atoms with E-state index in [1.165, 1.54) is 0 Å². The first kappa shape index (κ1) is 10.9. The number of carbonyl (C=O) groups excluding carboxylic acids is 1. The molecule has 0 aromatic carbocycles. The molecule has 0 spiro atoms. The molecule has 0 aromatic rings. The third-order valence-electron chi connectivity index (χ3n) is 1.27. The first-order valence-electron chi connectivity index (χ1n) is 4.15. The molecule has 0 atom stereocenters. The number of rotatable bonds is 6. The average Bonchev–Trinajstić information content (AvgIpc) is 2.06. The van der Waals surface area contributed by atoms with Gasteiger partial charge in [0.05, 0.1) is 19.0 Å². The van der Waals surface area contributed by atoms with Crippen molar-refractivity contribution in [1.82, 2.24) is 10.6 Å². The van der Waals surface area contributed by atoms with Crippen LogP contribution in [0.1, 0.15) is 19.8 Å². The highest BCUT2D eigenvalue weighted by molar-refractivity contribution is 5.77. The normalized spacial score (nSPS) is 9.00. The zero-order chi connectivity index (χ0) is 9.23. The van der Waals surface area contributed by atoms with Crippen LogP contribution in [0.25, 0.3) is 0 Å². The van der Waals surface area contributed by atoms with Crippen LogP contribution in [-0.2, 0) is 4.79 Å². The van der Waals surface area contributed by atoms with Gasteiger partial charge in [-0.2, -0.15) is 5.26 Å². The lowest BCUT2D eigenvalue weighted by molar-refractivity contribution is -0.120. The molecule has 1 amide bonds. The molecule has 0 heterocycles. The van der Waals surface area contributed by atoms with Crippen molar-refractivity contribution in [2.75, 3.05) is 19.6 Å². The van der Waals surface area contributed by atoms with Gasteiger partial charge in [-0.1, -0.05) is 6.92 Å². The van der Waals surface area contributed by atoms with Gasteiger partial charge in [-0.05, 0) is 13.0 Å². The van der Waals surface area contributed by atoms with Gasteiger partial charge in [0.2, 0.25) is 5.91 Å².